The van der Waals surface area contributed by atoms with Crippen molar-refractivity contribution in [1.29, 1.82) is 0 Å². The summed E-state index contributed by atoms with van der Waals surface area (Å²) in [6, 6.07) is 44.9. The van der Waals surface area contributed by atoms with Gasteiger partial charge in [-0.25, -0.2) is 4.98 Å². The van der Waals surface area contributed by atoms with Crippen LogP contribution < -0.4 is 0 Å². The molecule has 0 spiro atoms. The molecule has 10 rings (SSSR count). The van der Waals surface area contributed by atoms with E-state index in [4.69, 9.17) is 14.4 Å². The van der Waals surface area contributed by atoms with E-state index in [1.807, 2.05) is 6.20 Å². The van der Waals surface area contributed by atoms with E-state index >= 15 is 0 Å². The van der Waals surface area contributed by atoms with E-state index in [0.717, 1.165) is 83.7 Å². The van der Waals surface area contributed by atoms with E-state index in [1.165, 1.54) is 21.5 Å². The lowest BCUT2D eigenvalue weighted by Gasteiger charge is -2.10. The van der Waals surface area contributed by atoms with Crippen molar-refractivity contribution in [1.82, 2.24) is 9.97 Å². The van der Waals surface area contributed by atoms with Crippen LogP contribution in [0.1, 0.15) is 17.7 Å². The summed E-state index contributed by atoms with van der Waals surface area (Å²) < 4.78 is 6.89. The van der Waals surface area contributed by atoms with Crippen LogP contribution in [-0.4, -0.2) is 9.97 Å². The highest BCUT2D eigenvalue weighted by Crippen LogP contribution is 2.43. The Kier molecular flexibility index (Phi) is 5.94. The maximum Gasteiger partial charge on any atom is 0.143 e. The zero-order valence-corrected chi connectivity index (χ0v) is 26.0. The van der Waals surface area contributed by atoms with Gasteiger partial charge in [0.2, 0.25) is 0 Å². The number of para-hydroxylation sites is 1. The summed E-state index contributed by atoms with van der Waals surface area (Å²) in [5.41, 5.74) is 10.1. The van der Waals surface area contributed by atoms with Crippen molar-refractivity contribution in [2.45, 2.75) is 6.42 Å². The van der Waals surface area contributed by atoms with Gasteiger partial charge in [0.15, 0.2) is 0 Å². The van der Waals surface area contributed by atoms with Crippen LogP contribution in [0.3, 0.4) is 0 Å². The molecule has 0 bridgehead atoms. The zero-order chi connectivity index (χ0) is 31.6. The van der Waals surface area contributed by atoms with Crippen LogP contribution in [0.25, 0.3) is 87.6 Å². The minimum absolute atomic E-state index is 0.769. The normalized spacial score (nSPS) is 13.5. The van der Waals surface area contributed by atoms with E-state index in [-0.39, 0.29) is 0 Å². The molecule has 3 nitrogen and oxygen atoms in total. The van der Waals surface area contributed by atoms with Gasteiger partial charge >= 0.3 is 0 Å². The molecular formula is C45H28N2O. The fourth-order valence-electron chi connectivity index (χ4n) is 7.49. The van der Waals surface area contributed by atoms with E-state index in [2.05, 4.69) is 152 Å². The molecule has 3 heteroatoms. The minimum Gasteiger partial charge on any atom is -0.455 e. The Morgan fingerprint density at radius 2 is 1.15 bits per heavy atom. The van der Waals surface area contributed by atoms with Gasteiger partial charge in [-0.1, -0.05) is 146 Å². The number of hydrogen-bond donors (Lipinski definition) is 0. The molecule has 0 aliphatic heterocycles. The Bertz CT molecular complexity index is 2820. The second kappa shape index (κ2) is 10.6. The summed E-state index contributed by atoms with van der Waals surface area (Å²) in [4.78, 5) is 10.2. The first-order valence-corrected chi connectivity index (χ1v) is 16.4. The van der Waals surface area contributed by atoms with Crippen molar-refractivity contribution in [2.24, 2.45) is 0 Å². The van der Waals surface area contributed by atoms with Gasteiger partial charge in [-0.05, 0) is 50.7 Å². The quantitative estimate of drug-likeness (QED) is 0.186. The summed E-state index contributed by atoms with van der Waals surface area (Å²) in [6.45, 7) is 0. The highest BCUT2D eigenvalue weighted by molar-refractivity contribution is 6.24. The predicted octanol–water partition coefficient (Wildman–Crippen LogP) is 12.1. The SMILES string of the molecule is C1=CC(c2cccc3c2oc2c(-c4ccccc4)cc4ccccc4c23)=CCC=C1c1cnc2c3ccccc3c3ccccc3c2n1. The lowest BCUT2D eigenvalue weighted by atomic mass is 9.95. The average molecular weight is 613 g/mol. The summed E-state index contributed by atoms with van der Waals surface area (Å²) in [6.07, 6.45) is 11.6. The molecule has 2 heterocycles. The van der Waals surface area contributed by atoms with Crippen LogP contribution in [0.5, 0.6) is 0 Å². The summed E-state index contributed by atoms with van der Waals surface area (Å²) in [5.74, 6) is 0. The minimum atomic E-state index is 0.769. The number of allylic oxidation sites excluding steroid dienone is 6. The lowest BCUT2D eigenvalue weighted by Crippen LogP contribution is -1.94. The molecule has 1 aliphatic carbocycles. The fraction of sp³-hybridized carbons (Fsp3) is 0.0222. The van der Waals surface area contributed by atoms with Crippen molar-refractivity contribution in [3.63, 3.8) is 0 Å². The molecule has 0 N–H and O–H groups in total. The van der Waals surface area contributed by atoms with Crippen LogP contribution in [0.15, 0.2) is 162 Å². The van der Waals surface area contributed by atoms with Gasteiger partial charge in [0.05, 0.1) is 22.9 Å². The van der Waals surface area contributed by atoms with Crippen molar-refractivity contribution in [2.75, 3.05) is 0 Å². The Morgan fingerprint density at radius 3 is 1.96 bits per heavy atom. The van der Waals surface area contributed by atoms with Crippen LogP contribution in [0, 0.1) is 0 Å². The van der Waals surface area contributed by atoms with Gasteiger partial charge in [-0.15, -0.1) is 0 Å². The first-order chi connectivity index (χ1) is 23.8. The number of aromatic nitrogens is 2. The number of benzene rings is 7. The van der Waals surface area contributed by atoms with Gasteiger partial charge in [0.25, 0.3) is 0 Å². The molecule has 1 aliphatic rings. The van der Waals surface area contributed by atoms with Gasteiger partial charge in [0, 0.05) is 32.7 Å². The van der Waals surface area contributed by atoms with Gasteiger partial charge < -0.3 is 4.42 Å². The topological polar surface area (TPSA) is 38.9 Å². The summed E-state index contributed by atoms with van der Waals surface area (Å²) in [5, 5.41) is 9.34. The molecule has 48 heavy (non-hydrogen) atoms. The maximum absolute atomic E-state index is 6.89. The Morgan fingerprint density at radius 1 is 0.500 bits per heavy atom. The maximum atomic E-state index is 6.89. The molecule has 0 radical (unpaired) electrons. The molecule has 224 valence electrons. The molecule has 9 aromatic rings. The van der Waals surface area contributed by atoms with Crippen molar-refractivity contribution >= 4 is 76.4 Å². The van der Waals surface area contributed by atoms with Crippen LogP contribution >= 0.6 is 0 Å². The number of fused-ring (bicyclic) bond motifs is 11. The van der Waals surface area contributed by atoms with Crippen LogP contribution in [-0.2, 0) is 0 Å². The van der Waals surface area contributed by atoms with Crippen molar-refractivity contribution in [3.05, 3.63) is 169 Å². The number of nitrogens with zero attached hydrogens (tertiary/aromatic N) is 2. The van der Waals surface area contributed by atoms with Crippen molar-refractivity contribution < 1.29 is 4.42 Å². The Hall–Kier alpha value is -6.32. The summed E-state index contributed by atoms with van der Waals surface area (Å²) >= 11 is 0. The highest BCUT2D eigenvalue weighted by Gasteiger charge is 2.19. The number of rotatable bonds is 3. The van der Waals surface area contributed by atoms with Gasteiger partial charge in [0.1, 0.15) is 11.2 Å². The molecule has 2 aromatic heterocycles. The van der Waals surface area contributed by atoms with Crippen LogP contribution in [0.2, 0.25) is 0 Å². The monoisotopic (exact) mass is 612 g/mol. The zero-order valence-electron chi connectivity index (χ0n) is 26.0. The van der Waals surface area contributed by atoms with Gasteiger partial charge in [-0.3, -0.25) is 4.98 Å². The molecule has 0 saturated carbocycles. The average Bonchev–Trinajstić information content (AvgIpc) is 3.38. The smallest absolute Gasteiger partial charge is 0.143 e. The molecule has 0 amide bonds. The third-order valence-corrected chi connectivity index (χ3v) is 9.73. The summed E-state index contributed by atoms with van der Waals surface area (Å²) in [7, 11) is 0. The third-order valence-electron chi connectivity index (χ3n) is 9.73. The van der Waals surface area contributed by atoms with E-state index < -0.39 is 0 Å². The highest BCUT2D eigenvalue weighted by atomic mass is 16.3. The van der Waals surface area contributed by atoms with E-state index in [0.29, 0.717) is 0 Å². The standard InChI is InChI=1S/C45H28N2O/c1-2-12-28(13-3-1)39-26-31-14-4-5-17-32(31)41-38-23-11-22-33(44(38)48-45(39)41)29-15-10-16-30(25-24-29)40-27-46-42-36-20-8-6-18-34(36)35-19-7-9-21-37(35)43(42)47-40/h1-9,11-27H,10H2. The first-order valence-electron chi connectivity index (χ1n) is 16.4. The van der Waals surface area contributed by atoms with E-state index in [1.54, 1.807) is 0 Å². The predicted molar refractivity (Wildman–Crippen MR) is 201 cm³/mol. The Balaban J connectivity index is 1.10. The molecular weight excluding hydrogens is 585 g/mol. The second-order valence-corrected chi connectivity index (χ2v) is 12.4. The first kappa shape index (κ1) is 26.9. The fourth-order valence-corrected chi connectivity index (χ4v) is 7.49. The number of hydrogen-bond acceptors (Lipinski definition) is 3. The number of furan rings is 1. The van der Waals surface area contributed by atoms with E-state index in [9.17, 15) is 0 Å². The second-order valence-electron chi connectivity index (χ2n) is 12.4. The molecule has 0 fully saturated rings. The Labute approximate surface area is 276 Å². The van der Waals surface area contributed by atoms with Crippen LogP contribution in [0.4, 0.5) is 0 Å². The largest absolute Gasteiger partial charge is 0.455 e. The molecule has 0 unspecified atom stereocenters. The molecule has 0 atom stereocenters. The third kappa shape index (κ3) is 4.08. The van der Waals surface area contributed by atoms with Gasteiger partial charge in [-0.2, -0.15) is 0 Å². The molecule has 7 aromatic carbocycles. The molecule has 0 saturated heterocycles. The lowest BCUT2D eigenvalue weighted by molar-refractivity contribution is 0.669. The van der Waals surface area contributed by atoms with Crippen molar-refractivity contribution in [3.8, 4) is 11.1 Å².